The number of hydrogen-bond donors (Lipinski definition) is 0. The summed E-state index contributed by atoms with van der Waals surface area (Å²) in [6.07, 6.45) is 11.9. The minimum atomic E-state index is 0.276. The Morgan fingerprint density at radius 2 is 1.33 bits per heavy atom. The molecule has 2 aromatic rings. The molecule has 0 atom stereocenters. The summed E-state index contributed by atoms with van der Waals surface area (Å²) in [4.78, 5) is 11.2. The van der Waals surface area contributed by atoms with Crippen LogP contribution in [0.3, 0.4) is 0 Å². The van der Waals surface area contributed by atoms with Gasteiger partial charge in [0, 0.05) is 11.4 Å². The highest BCUT2D eigenvalue weighted by atomic mass is 35.5. The number of methoxy groups -OCH3 is 1. The number of carbonyl (C=O) groups excluding carboxylic acids is 1. The van der Waals surface area contributed by atoms with Crippen molar-refractivity contribution in [3.05, 3.63) is 75.1 Å². The van der Waals surface area contributed by atoms with Gasteiger partial charge in [0.05, 0.1) is 7.11 Å². The molecule has 0 heterocycles. The average Bonchev–Trinajstić information content (AvgIpc) is 2.93. The summed E-state index contributed by atoms with van der Waals surface area (Å²) >= 11 is 5.61. The van der Waals surface area contributed by atoms with Gasteiger partial charge in [-0.15, -0.1) is 0 Å². The number of Topliss-reactive ketones (excluding diaryl/α,β-unsaturated/α-hetero) is 1. The molecule has 0 aliphatic heterocycles. The molecule has 0 saturated carbocycles. The van der Waals surface area contributed by atoms with Gasteiger partial charge >= 0.3 is 0 Å². The monoisotopic (exact) mass is 556 g/mol. The summed E-state index contributed by atoms with van der Waals surface area (Å²) in [5.41, 5.74) is 4.17. The molecule has 0 aliphatic carbocycles. The van der Waals surface area contributed by atoms with Crippen molar-refractivity contribution in [2.24, 2.45) is 0 Å². The van der Waals surface area contributed by atoms with E-state index in [1.54, 1.807) is 26.2 Å². The first-order valence-electron chi connectivity index (χ1n) is 14.9. The Bertz CT molecular complexity index is 1010. The molecule has 0 spiro atoms. The van der Waals surface area contributed by atoms with Gasteiger partial charge in [0.25, 0.3) is 0 Å². The zero-order chi connectivity index (χ0) is 30.1. The molecule has 0 radical (unpaired) electrons. The highest BCUT2D eigenvalue weighted by Crippen LogP contribution is 2.23. The number of carbonyl (C=O) groups is 1. The highest BCUT2D eigenvalue weighted by Gasteiger charge is 2.07. The van der Waals surface area contributed by atoms with Crippen molar-refractivity contribution < 1.29 is 9.53 Å². The van der Waals surface area contributed by atoms with E-state index in [1.807, 2.05) is 32.0 Å². The zero-order valence-corrected chi connectivity index (χ0v) is 27.3. The molecule has 2 rings (SSSR count). The first-order chi connectivity index (χ1) is 18.7. The summed E-state index contributed by atoms with van der Waals surface area (Å²) in [6, 6.07) is 15.5. The maximum Gasteiger partial charge on any atom is 0.129 e. The molecular formula is C36H57ClO2. The number of ether oxygens (including phenoxy) is 1. The fourth-order valence-corrected chi connectivity index (χ4v) is 4.18. The lowest BCUT2D eigenvalue weighted by atomic mass is 9.92. The predicted molar refractivity (Wildman–Crippen MR) is 176 cm³/mol. The number of benzene rings is 2. The first kappa shape index (κ1) is 38.8. The van der Waals surface area contributed by atoms with Crippen LogP contribution in [0.1, 0.15) is 120 Å². The molecule has 220 valence electrons. The average molecular weight is 557 g/mol. The van der Waals surface area contributed by atoms with Gasteiger partial charge in [-0.2, -0.15) is 0 Å². The quantitative estimate of drug-likeness (QED) is 0.243. The maximum absolute atomic E-state index is 11.2. The van der Waals surface area contributed by atoms with Crippen molar-refractivity contribution in [3.63, 3.8) is 0 Å². The van der Waals surface area contributed by atoms with Crippen LogP contribution in [0.2, 0.25) is 5.02 Å². The van der Waals surface area contributed by atoms with E-state index in [0.717, 1.165) is 41.7 Å². The third kappa shape index (κ3) is 19.4. The van der Waals surface area contributed by atoms with Crippen LogP contribution < -0.4 is 15.2 Å². The smallest absolute Gasteiger partial charge is 0.129 e. The molecule has 0 unspecified atom stereocenters. The Kier molecular flexibility index (Phi) is 25.8. The summed E-state index contributed by atoms with van der Waals surface area (Å²) in [5.74, 6) is 1.11. The topological polar surface area (TPSA) is 26.3 Å². The van der Waals surface area contributed by atoms with Gasteiger partial charge in [0.2, 0.25) is 0 Å². The molecular weight excluding hydrogens is 500 g/mol. The van der Waals surface area contributed by atoms with E-state index in [2.05, 4.69) is 59.4 Å². The van der Waals surface area contributed by atoms with Gasteiger partial charge < -0.3 is 9.53 Å². The fraction of sp³-hybridized carbons (Fsp3) is 0.528. The molecule has 39 heavy (non-hydrogen) atoms. The molecule has 0 aromatic heterocycles. The fourth-order valence-electron chi connectivity index (χ4n) is 4.06. The van der Waals surface area contributed by atoms with Gasteiger partial charge in [-0.3, -0.25) is 0 Å². The normalized spacial score (nSPS) is 11.3. The molecule has 0 amide bonds. The standard InChI is InChI=1S/C20H28O.C7H7ClO.C7H16.C2H6/c1-6-10-15(2)20(14-9-12-17(4)21)18(5)19-13-8-7-11-16(19)3;1-9-7-4-2-6(8)3-5-7;1-3-5-7-6-4-2;1-2/h7-8,11,13H,3,6,9-10,12,14H2,1-2,4-5H3;2-5H,1H3;3-7H2,1-2H3;1-2H3/b19-18-,20-15+;;;. The number of halogens is 1. The summed E-state index contributed by atoms with van der Waals surface area (Å²) in [7, 11) is 1.63. The Balaban J connectivity index is 0. The van der Waals surface area contributed by atoms with Crippen LogP contribution in [0.4, 0.5) is 0 Å². The lowest BCUT2D eigenvalue weighted by Gasteiger charge is -2.13. The summed E-state index contributed by atoms with van der Waals surface area (Å²) in [5, 5.41) is 3.03. The van der Waals surface area contributed by atoms with Crippen LogP contribution in [0.5, 0.6) is 5.75 Å². The predicted octanol–water partition coefficient (Wildman–Crippen LogP) is 10.5. The SMILES string of the molecule is C=c1cccc/c1=C(C)/C(CCCC(C)=O)=C(\C)CCC.CC.CCCCCCC.COc1ccc(Cl)cc1. The number of rotatable bonds is 12. The van der Waals surface area contributed by atoms with Gasteiger partial charge in [-0.25, -0.2) is 0 Å². The van der Waals surface area contributed by atoms with Gasteiger partial charge in [0.15, 0.2) is 0 Å². The Labute approximate surface area is 246 Å². The van der Waals surface area contributed by atoms with Gasteiger partial charge in [0.1, 0.15) is 11.5 Å². The third-order valence-electron chi connectivity index (χ3n) is 6.23. The van der Waals surface area contributed by atoms with Crippen molar-refractivity contribution in [2.75, 3.05) is 7.11 Å². The second kappa shape index (κ2) is 25.9. The minimum Gasteiger partial charge on any atom is -0.497 e. The van der Waals surface area contributed by atoms with Gasteiger partial charge in [-0.05, 0) is 85.9 Å². The van der Waals surface area contributed by atoms with Crippen LogP contribution in [-0.4, -0.2) is 12.9 Å². The Morgan fingerprint density at radius 1 is 0.769 bits per heavy atom. The summed E-state index contributed by atoms with van der Waals surface area (Å²) in [6.45, 7) is 20.9. The first-order valence-corrected chi connectivity index (χ1v) is 15.3. The molecule has 0 saturated heterocycles. The van der Waals surface area contributed by atoms with Crippen molar-refractivity contribution in [3.8, 4) is 5.75 Å². The molecule has 2 nitrogen and oxygen atoms in total. The molecule has 3 heteroatoms. The molecule has 0 N–H and O–H groups in total. The van der Waals surface area contributed by atoms with Crippen LogP contribution in [0.25, 0.3) is 12.2 Å². The highest BCUT2D eigenvalue weighted by molar-refractivity contribution is 6.30. The number of allylic oxidation sites excluding steroid dienone is 2. The van der Waals surface area contributed by atoms with Crippen LogP contribution in [0.15, 0.2) is 59.7 Å². The zero-order valence-electron chi connectivity index (χ0n) is 26.6. The second-order valence-corrected chi connectivity index (χ2v) is 10.0. The number of unbranched alkanes of at least 4 members (excludes halogenated alkanes) is 4. The van der Waals surface area contributed by atoms with E-state index in [-0.39, 0.29) is 5.78 Å². The lowest BCUT2D eigenvalue weighted by molar-refractivity contribution is -0.117. The van der Waals surface area contributed by atoms with Crippen molar-refractivity contribution in [1.82, 2.24) is 0 Å². The molecule has 0 bridgehead atoms. The minimum absolute atomic E-state index is 0.276. The van der Waals surface area contributed by atoms with E-state index in [9.17, 15) is 4.79 Å². The molecule has 2 aromatic carbocycles. The van der Waals surface area contributed by atoms with E-state index >= 15 is 0 Å². The van der Waals surface area contributed by atoms with E-state index in [1.165, 1.54) is 54.0 Å². The van der Waals surface area contributed by atoms with E-state index in [4.69, 9.17) is 16.3 Å². The summed E-state index contributed by atoms with van der Waals surface area (Å²) < 4.78 is 4.91. The Morgan fingerprint density at radius 3 is 1.79 bits per heavy atom. The number of ketones is 1. The van der Waals surface area contributed by atoms with Crippen molar-refractivity contribution in [1.29, 1.82) is 0 Å². The molecule has 0 fully saturated rings. The Hall–Kier alpha value is -2.32. The number of hydrogen-bond acceptors (Lipinski definition) is 2. The second-order valence-electron chi connectivity index (χ2n) is 9.57. The third-order valence-corrected chi connectivity index (χ3v) is 6.48. The van der Waals surface area contributed by atoms with Crippen LogP contribution >= 0.6 is 11.6 Å². The maximum atomic E-state index is 11.2. The van der Waals surface area contributed by atoms with E-state index < -0.39 is 0 Å². The molecule has 0 aliphatic rings. The van der Waals surface area contributed by atoms with Crippen molar-refractivity contribution >= 4 is 29.5 Å². The van der Waals surface area contributed by atoms with Crippen LogP contribution in [0, 0.1) is 0 Å². The lowest BCUT2D eigenvalue weighted by Crippen LogP contribution is -2.25. The van der Waals surface area contributed by atoms with E-state index in [0.29, 0.717) is 6.42 Å². The largest absolute Gasteiger partial charge is 0.497 e. The van der Waals surface area contributed by atoms with Gasteiger partial charge in [-0.1, -0.05) is 121 Å². The van der Waals surface area contributed by atoms with Crippen LogP contribution in [-0.2, 0) is 4.79 Å². The van der Waals surface area contributed by atoms with Crippen molar-refractivity contribution in [2.45, 2.75) is 120 Å².